The number of fused-ring (bicyclic) bond motifs is 2. The summed E-state index contributed by atoms with van der Waals surface area (Å²) in [6.45, 7) is 4.43. The molecule has 5 rings (SSSR count). The number of piperazine rings is 1. The summed E-state index contributed by atoms with van der Waals surface area (Å²) < 4.78 is 5.52. The molecule has 5 heteroatoms. The second-order valence-electron chi connectivity index (χ2n) is 7.90. The first-order chi connectivity index (χ1) is 13.4. The molecule has 27 heavy (non-hydrogen) atoms. The molecular formula is C22H26N4O. The van der Waals surface area contributed by atoms with E-state index in [0.29, 0.717) is 6.04 Å². The number of para-hydroxylation sites is 1. The van der Waals surface area contributed by atoms with E-state index in [1.54, 1.807) is 0 Å². The van der Waals surface area contributed by atoms with Crippen LogP contribution in [-0.4, -0.2) is 47.3 Å². The lowest BCUT2D eigenvalue weighted by Crippen LogP contribution is -2.56. The van der Waals surface area contributed by atoms with E-state index in [9.17, 15) is 0 Å². The van der Waals surface area contributed by atoms with Gasteiger partial charge in [-0.1, -0.05) is 23.4 Å². The third-order valence-corrected chi connectivity index (χ3v) is 6.20. The van der Waals surface area contributed by atoms with Gasteiger partial charge in [-0.05, 0) is 55.9 Å². The number of nitrogens with zero attached hydrogens (tertiary/aromatic N) is 4. The van der Waals surface area contributed by atoms with Crippen molar-refractivity contribution < 1.29 is 4.52 Å². The van der Waals surface area contributed by atoms with E-state index in [1.165, 1.54) is 31.5 Å². The average molecular weight is 362 g/mol. The van der Waals surface area contributed by atoms with Crippen LogP contribution in [0.1, 0.15) is 25.0 Å². The molecule has 0 saturated carbocycles. The number of hydrogen-bond donors (Lipinski definition) is 0. The quantitative estimate of drug-likeness (QED) is 0.707. The smallest absolute Gasteiger partial charge is 0.180 e. The van der Waals surface area contributed by atoms with Gasteiger partial charge in [-0.3, -0.25) is 9.88 Å². The van der Waals surface area contributed by atoms with Crippen LogP contribution >= 0.6 is 0 Å². The van der Waals surface area contributed by atoms with E-state index in [0.717, 1.165) is 48.8 Å². The van der Waals surface area contributed by atoms with E-state index in [2.05, 4.69) is 44.2 Å². The molecule has 5 nitrogen and oxygen atoms in total. The summed E-state index contributed by atoms with van der Waals surface area (Å²) in [5.41, 5.74) is 2.11. The zero-order valence-electron chi connectivity index (χ0n) is 15.6. The third kappa shape index (κ3) is 3.44. The summed E-state index contributed by atoms with van der Waals surface area (Å²) in [5, 5.41) is 5.49. The van der Waals surface area contributed by atoms with Crippen molar-refractivity contribution >= 4 is 16.8 Å². The second-order valence-corrected chi connectivity index (χ2v) is 7.90. The number of aryl methyl sites for hydroxylation is 1. The van der Waals surface area contributed by atoms with Crippen LogP contribution in [0.3, 0.4) is 0 Å². The lowest BCUT2D eigenvalue weighted by molar-refractivity contribution is 0.0919. The number of pyridine rings is 1. The summed E-state index contributed by atoms with van der Waals surface area (Å²) in [6.07, 6.45) is 6.85. The molecule has 0 N–H and O–H groups in total. The van der Waals surface area contributed by atoms with Gasteiger partial charge >= 0.3 is 0 Å². The van der Waals surface area contributed by atoms with Crippen LogP contribution in [-0.2, 0) is 6.42 Å². The minimum atomic E-state index is 0.639. The van der Waals surface area contributed by atoms with Crippen LogP contribution in [0, 0.1) is 5.92 Å². The molecule has 0 radical (unpaired) electrons. The number of aromatic nitrogens is 2. The minimum Gasteiger partial charge on any atom is -0.354 e. The first-order valence-corrected chi connectivity index (χ1v) is 10.1. The molecule has 4 heterocycles. The summed E-state index contributed by atoms with van der Waals surface area (Å²) in [6, 6.07) is 15.0. The standard InChI is InChI=1S/C22H26N4O/c1-2-7-21-20(6-1)22(24-27-21)26-14-13-25-15-17(9-11-19(25)16-26)8-10-18-5-3-4-12-23-18/h1-7,12,17,19H,8-11,13-16H2. The van der Waals surface area contributed by atoms with Gasteiger partial charge in [0.15, 0.2) is 11.4 Å². The van der Waals surface area contributed by atoms with Gasteiger partial charge in [0, 0.05) is 44.1 Å². The van der Waals surface area contributed by atoms with Crippen molar-refractivity contribution in [3.05, 3.63) is 54.4 Å². The summed E-state index contributed by atoms with van der Waals surface area (Å²) in [5.74, 6) is 1.81. The Hall–Kier alpha value is -2.40. The maximum Gasteiger partial charge on any atom is 0.180 e. The van der Waals surface area contributed by atoms with E-state index in [-0.39, 0.29) is 0 Å². The molecule has 2 unspecified atom stereocenters. The number of anilines is 1. The van der Waals surface area contributed by atoms with Crippen molar-refractivity contribution in [3.8, 4) is 0 Å². The Bertz CT molecular complexity index is 893. The minimum absolute atomic E-state index is 0.639. The molecule has 2 aromatic heterocycles. The van der Waals surface area contributed by atoms with Gasteiger partial charge in [0.25, 0.3) is 0 Å². The molecule has 3 aromatic rings. The van der Waals surface area contributed by atoms with Crippen LogP contribution in [0.25, 0.3) is 11.0 Å². The number of benzene rings is 1. The van der Waals surface area contributed by atoms with E-state index in [4.69, 9.17) is 4.52 Å². The molecule has 140 valence electrons. The van der Waals surface area contributed by atoms with Gasteiger partial charge in [-0.25, -0.2) is 0 Å². The highest BCUT2D eigenvalue weighted by atomic mass is 16.5. The fourth-order valence-corrected chi connectivity index (χ4v) is 4.68. The predicted molar refractivity (Wildman–Crippen MR) is 107 cm³/mol. The zero-order chi connectivity index (χ0) is 18.1. The fraction of sp³-hybridized carbons (Fsp3) is 0.455. The van der Waals surface area contributed by atoms with Gasteiger partial charge in [0.2, 0.25) is 0 Å². The Morgan fingerprint density at radius 2 is 1.93 bits per heavy atom. The third-order valence-electron chi connectivity index (χ3n) is 6.20. The van der Waals surface area contributed by atoms with Crippen LogP contribution in [0.5, 0.6) is 0 Å². The molecule has 0 spiro atoms. The van der Waals surface area contributed by atoms with E-state index >= 15 is 0 Å². The summed E-state index contributed by atoms with van der Waals surface area (Å²) in [7, 11) is 0. The summed E-state index contributed by atoms with van der Waals surface area (Å²) >= 11 is 0. The number of piperidine rings is 1. The van der Waals surface area contributed by atoms with Gasteiger partial charge in [0.05, 0.1) is 5.39 Å². The van der Waals surface area contributed by atoms with Crippen molar-refractivity contribution in [2.75, 3.05) is 31.1 Å². The van der Waals surface area contributed by atoms with Gasteiger partial charge in [-0.15, -0.1) is 0 Å². The van der Waals surface area contributed by atoms with Crippen molar-refractivity contribution in [1.82, 2.24) is 15.0 Å². The van der Waals surface area contributed by atoms with Crippen molar-refractivity contribution in [3.63, 3.8) is 0 Å². The SMILES string of the molecule is c1ccc(CCC2CCC3CN(c4noc5ccccc45)CCN3C2)nc1. The highest BCUT2D eigenvalue weighted by Gasteiger charge is 2.34. The number of hydrogen-bond acceptors (Lipinski definition) is 5. The van der Waals surface area contributed by atoms with E-state index in [1.807, 2.05) is 24.4 Å². The molecule has 2 saturated heterocycles. The first-order valence-electron chi connectivity index (χ1n) is 10.1. The monoisotopic (exact) mass is 362 g/mol. The Morgan fingerprint density at radius 1 is 1.00 bits per heavy atom. The average Bonchev–Trinajstić information content (AvgIpc) is 3.17. The Kier molecular flexibility index (Phi) is 4.54. The van der Waals surface area contributed by atoms with Crippen LogP contribution in [0.2, 0.25) is 0 Å². The van der Waals surface area contributed by atoms with Crippen molar-refractivity contribution in [2.24, 2.45) is 5.92 Å². The van der Waals surface area contributed by atoms with Crippen LogP contribution in [0.15, 0.2) is 53.2 Å². The molecule has 2 fully saturated rings. The molecule has 2 aliphatic heterocycles. The van der Waals surface area contributed by atoms with Crippen molar-refractivity contribution in [2.45, 2.75) is 31.7 Å². The Balaban J connectivity index is 1.20. The summed E-state index contributed by atoms with van der Waals surface area (Å²) in [4.78, 5) is 9.59. The molecule has 0 aliphatic carbocycles. The van der Waals surface area contributed by atoms with E-state index < -0.39 is 0 Å². The molecule has 0 amide bonds. The largest absolute Gasteiger partial charge is 0.354 e. The Labute approximate surface area is 160 Å². The highest BCUT2D eigenvalue weighted by molar-refractivity contribution is 5.88. The maximum atomic E-state index is 5.52. The fourth-order valence-electron chi connectivity index (χ4n) is 4.68. The van der Waals surface area contributed by atoms with Gasteiger partial charge < -0.3 is 9.42 Å². The maximum absolute atomic E-state index is 5.52. The lowest BCUT2D eigenvalue weighted by atomic mass is 9.87. The second kappa shape index (κ2) is 7.31. The molecule has 0 bridgehead atoms. The Morgan fingerprint density at radius 3 is 2.85 bits per heavy atom. The highest BCUT2D eigenvalue weighted by Crippen LogP contribution is 2.32. The lowest BCUT2D eigenvalue weighted by Gasteiger charge is -2.46. The number of rotatable bonds is 4. The topological polar surface area (TPSA) is 45.4 Å². The predicted octanol–water partition coefficient (Wildman–Crippen LogP) is 3.76. The molecule has 2 atom stereocenters. The van der Waals surface area contributed by atoms with Crippen LogP contribution < -0.4 is 4.90 Å². The zero-order valence-corrected chi connectivity index (χ0v) is 15.6. The molecule has 2 aliphatic rings. The molecular weight excluding hydrogens is 336 g/mol. The van der Waals surface area contributed by atoms with Gasteiger partial charge in [-0.2, -0.15) is 0 Å². The van der Waals surface area contributed by atoms with Crippen molar-refractivity contribution in [1.29, 1.82) is 0 Å². The van der Waals surface area contributed by atoms with Gasteiger partial charge in [0.1, 0.15) is 0 Å². The molecule has 1 aromatic carbocycles. The normalized spacial score (nSPS) is 23.5. The van der Waals surface area contributed by atoms with Crippen LogP contribution in [0.4, 0.5) is 5.82 Å². The first kappa shape index (κ1) is 16.8.